The van der Waals surface area contributed by atoms with E-state index in [0.29, 0.717) is 16.3 Å². The van der Waals surface area contributed by atoms with Crippen molar-refractivity contribution in [2.45, 2.75) is 6.92 Å². The summed E-state index contributed by atoms with van der Waals surface area (Å²) in [6, 6.07) is 21.0. The highest BCUT2D eigenvalue weighted by Crippen LogP contribution is 2.33. The third-order valence-electron chi connectivity index (χ3n) is 4.07. The molecule has 0 aliphatic heterocycles. The van der Waals surface area contributed by atoms with E-state index in [2.05, 4.69) is 10.3 Å². The predicted molar refractivity (Wildman–Crippen MR) is 109 cm³/mol. The van der Waals surface area contributed by atoms with Crippen LogP contribution in [0.25, 0.3) is 20.8 Å². The SMILES string of the molecule is Cc1ccc(C(=O)Nc2ccc(-c3nc4ccccc4s3)cc2Cl)cc1. The van der Waals surface area contributed by atoms with Crippen LogP contribution in [0.3, 0.4) is 0 Å². The number of hydrogen-bond donors (Lipinski definition) is 1. The minimum absolute atomic E-state index is 0.181. The van der Waals surface area contributed by atoms with Gasteiger partial charge >= 0.3 is 0 Å². The number of aryl methyl sites for hydroxylation is 1. The number of para-hydroxylation sites is 1. The van der Waals surface area contributed by atoms with Crippen molar-refractivity contribution < 1.29 is 4.79 Å². The number of fused-ring (bicyclic) bond motifs is 1. The van der Waals surface area contributed by atoms with E-state index in [-0.39, 0.29) is 5.91 Å². The molecule has 0 radical (unpaired) electrons. The van der Waals surface area contributed by atoms with Gasteiger partial charge in [0.1, 0.15) is 5.01 Å². The number of hydrogen-bond acceptors (Lipinski definition) is 3. The molecule has 0 fully saturated rings. The lowest BCUT2D eigenvalue weighted by atomic mass is 10.1. The lowest BCUT2D eigenvalue weighted by Crippen LogP contribution is -2.12. The number of nitrogens with zero attached hydrogens (tertiary/aromatic N) is 1. The molecule has 0 spiro atoms. The Balaban J connectivity index is 1.59. The number of benzene rings is 3. The van der Waals surface area contributed by atoms with Crippen LogP contribution in [0.4, 0.5) is 5.69 Å². The van der Waals surface area contributed by atoms with E-state index in [4.69, 9.17) is 11.6 Å². The van der Waals surface area contributed by atoms with Gasteiger partial charge in [-0.15, -0.1) is 11.3 Å². The summed E-state index contributed by atoms with van der Waals surface area (Å²) in [6.45, 7) is 1.99. The van der Waals surface area contributed by atoms with Crippen LogP contribution in [0.2, 0.25) is 5.02 Å². The van der Waals surface area contributed by atoms with E-state index < -0.39 is 0 Å². The van der Waals surface area contributed by atoms with Gasteiger partial charge in [-0.1, -0.05) is 41.4 Å². The van der Waals surface area contributed by atoms with Crippen molar-refractivity contribution in [2.24, 2.45) is 0 Å². The average molecular weight is 379 g/mol. The Morgan fingerprint density at radius 3 is 2.54 bits per heavy atom. The van der Waals surface area contributed by atoms with E-state index in [0.717, 1.165) is 26.4 Å². The predicted octanol–water partition coefficient (Wildman–Crippen LogP) is 6.18. The highest BCUT2D eigenvalue weighted by Gasteiger charge is 2.11. The van der Waals surface area contributed by atoms with Crippen molar-refractivity contribution in [3.63, 3.8) is 0 Å². The summed E-state index contributed by atoms with van der Waals surface area (Å²) in [7, 11) is 0. The summed E-state index contributed by atoms with van der Waals surface area (Å²) in [5.41, 5.74) is 4.20. The van der Waals surface area contributed by atoms with Crippen LogP contribution in [0.5, 0.6) is 0 Å². The maximum atomic E-state index is 12.4. The van der Waals surface area contributed by atoms with Crippen molar-refractivity contribution in [3.8, 4) is 10.6 Å². The molecule has 0 aliphatic rings. The number of carbonyl (C=O) groups excluding carboxylic acids is 1. The normalized spacial score (nSPS) is 10.8. The Kier molecular flexibility index (Phi) is 4.45. The Morgan fingerprint density at radius 2 is 1.81 bits per heavy atom. The molecule has 0 bridgehead atoms. The first-order valence-corrected chi connectivity index (χ1v) is 9.33. The number of halogens is 1. The smallest absolute Gasteiger partial charge is 0.255 e. The molecule has 1 heterocycles. The molecule has 0 atom stereocenters. The van der Waals surface area contributed by atoms with Gasteiger partial charge in [-0.05, 0) is 49.4 Å². The number of thiazole rings is 1. The lowest BCUT2D eigenvalue weighted by Gasteiger charge is -2.08. The largest absolute Gasteiger partial charge is 0.321 e. The fourth-order valence-corrected chi connectivity index (χ4v) is 3.83. The van der Waals surface area contributed by atoms with Gasteiger partial charge in [-0.2, -0.15) is 0 Å². The molecule has 3 aromatic carbocycles. The van der Waals surface area contributed by atoms with E-state index in [1.165, 1.54) is 0 Å². The second-order valence-electron chi connectivity index (χ2n) is 6.00. The summed E-state index contributed by atoms with van der Waals surface area (Å²) in [5, 5.41) is 4.26. The first-order chi connectivity index (χ1) is 12.6. The van der Waals surface area contributed by atoms with E-state index in [1.54, 1.807) is 23.5 Å². The number of nitrogens with one attached hydrogen (secondary N) is 1. The highest BCUT2D eigenvalue weighted by atomic mass is 35.5. The number of anilines is 1. The van der Waals surface area contributed by atoms with Gasteiger partial charge in [0.2, 0.25) is 0 Å². The Bertz CT molecular complexity index is 1070. The molecule has 5 heteroatoms. The van der Waals surface area contributed by atoms with Crippen LogP contribution in [-0.4, -0.2) is 10.9 Å². The zero-order valence-corrected chi connectivity index (χ0v) is 15.6. The molecule has 128 valence electrons. The summed E-state index contributed by atoms with van der Waals surface area (Å²) in [4.78, 5) is 17.0. The molecule has 26 heavy (non-hydrogen) atoms. The summed E-state index contributed by atoms with van der Waals surface area (Å²) < 4.78 is 1.13. The highest BCUT2D eigenvalue weighted by molar-refractivity contribution is 7.21. The zero-order chi connectivity index (χ0) is 18.1. The second-order valence-corrected chi connectivity index (χ2v) is 7.44. The van der Waals surface area contributed by atoms with Crippen LogP contribution < -0.4 is 5.32 Å². The molecular weight excluding hydrogens is 364 g/mol. The van der Waals surface area contributed by atoms with Crippen LogP contribution in [0.15, 0.2) is 66.7 Å². The summed E-state index contributed by atoms with van der Waals surface area (Å²) >= 11 is 8.02. The maximum Gasteiger partial charge on any atom is 0.255 e. The van der Waals surface area contributed by atoms with Crippen LogP contribution in [0, 0.1) is 6.92 Å². The first kappa shape index (κ1) is 16.8. The summed E-state index contributed by atoms with van der Waals surface area (Å²) in [6.07, 6.45) is 0. The van der Waals surface area contributed by atoms with Gasteiger partial charge in [-0.3, -0.25) is 4.79 Å². The molecule has 0 unspecified atom stereocenters. The van der Waals surface area contributed by atoms with E-state index >= 15 is 0 Å². The van der Waals surface area contributed by atoms with Gasteiger partial charge in [0.05, 0.1) is 20.9 Å². The van der Waals surface area contributed by atoms with Crippen molar-refractivity contribution in [2.75, 3.05) is 5.32 Å². The molecule has 0 saturated carbocycles. The molecule has 4 aromatic rings. The number of carbonyl (C=O) groups is 1. The minimum Gasteiger partial charge on any atom is -0.321 e. The van der Waals surface area contributed by atoms with E-state index in [1.807, 2.05) is 61.5 Å². The lowest BCUT2D eigenvalue weighted by molar-refractivity contribution is 0.102. The van der Waals surface area contributed by atoms with Crippen LogP contribution in [0.1, 0.15) is 15.9 Å². The van der Waals surface area contributed by atoms with Gasteiger partial charge in [-0.25, -0.2) is 4.98 Å². The van der Waals surface area contributed by atoms with Gasteiger partial charge in [0, 0.05) is 11.1 Å². The van der Waals surface area contributed by atoms with Crippen molar-refractivity contribution in [1.82, 2.24) is 4.98 Å². The molecule has 0 aliphatic carbocycles. The van der Waals surface area contributed by atoms with Crippen molar-refractivity contribution >= 4 is 44.7 Å². The standard InChI is InChI=1S/C21H15ClN2OS/c1-13-6-8-14(9-7-13)20(25)23-17-11-10-15(12-16(17)22)21-24-18-4-2-3-5-19(18)26-21/h2-12H,1H3,(H,23,25). The molecule has 4 rings (SSSR count). The fourth-order valence-electron chi connectivity index (χ4n) is 2.64. The summed E-state index contributed by atoms with van der Waals surface area (Å²) in [5.74, 6) is -0.181. The average Bonchev–Trinajstić information content (AvgIpc) is 3.08. The van der Waals surface area contributed by atoms with Gasteiger partial charge in [0.15, 0.2) is 0 Å². The quantitative estimate of drug-likeness (QED) is 0.462. The van der Waals surface area contributed by atoms with Crippen LogP contribution >= 0.6 is 22.9 Å². The van der Waals surface area contributed by atoms with Crippen molar-refractivity contribution in [1.29, 1.82) is 0 Å². The minimum atomic E-state index is -0.181. The van der Waals surface area contributed by atoms with Gasteiger partial charge in [0.25, 0.3) is 5.91 Å². The third kappa shape index (κ3) is 3.34. The molecule has 0 saturated heterocycles. The molecule has 3 nitrogen and oxygen atoms in total. The second kappa shape index (κ2) is 6.90. The molecule has 1 amide bonds. The molecular formula is C21H15ClN2OS. The Morgan fingerprint density at radius 1 is 1.04 bits per heavy atom. The number of rotatable bonds is 3. The maximum absolute atomic E-state index is 12.4. The van der Waals surface area contributed by atoms with Crippen molar-refractivity contribution in [3.05, 3.63) is 82.9 Å². The molecule has 1 aromatic heterocycles. The van der Waals surface area contributed by atoms with Crippen LogP contribution in [-0.2, 0) is 0 Å². The monoisotopic (exact) mass is 378 g/mol. The number of aromatic nitrogens is 1. The topological polar surface area (TPSA) is 42.0 Å². The number of amides is 1. The fraction of sp³-hybridized carbons (Fsp3) is 0.0476. The Hall–Kier alpha value is -2.69. The zero-order valence-electron chi connectivity index (χ0n) is 14.0. The molecule has 1 N–H and O–H groups in total. The Labute approximate surface area is 160 Å². The van der Waals surface area contributed by atoms with E-state index in [9.17, 15) is 4.79 Å². The van der Waals surface area contributed by atoms with Gasteiger partial charge < -0.3 is 5.32 Å². The third-order valence-corrected chi connectivity index (χ3v) is 5.47. The first-order valence-electron chi connectivity index (χ1n) is 8.14.